The molecule has 6 heteroatoms. The maximum absolute atomic E-state index is 8.95. The Balaban J connectivity index is 2.68. The Kier molecular flexibility index (Phi) is 2.55. The molecule has 0 radical (unpaired) electrons. The minimum absolute atomic E-state index is 0.0791. The topological polar surface area (TPSA) is 78.3 Å². The predicted octanol–water partition coefficient (Wildman–Crippen LogP) is 1.66. The van der Waals surface area contributed by atoms with Crippen LogP contribution in [-0.4, -0.2) is 14.5 Å². The second-order valence-electron chi connectivity index (χ2n) is 2.86. The van der Waals surface area contributed by atoms with Crippen LogP contribution in [0.1, 0.15) is 11.4 Å². The van der Waals surface area contributed by atoms with Crippen LogP contribution in [0.2, 0.25) is 5.02 Å². The van der Waals surface area contributed by atoms with Crippen molar-refractivity contribution in [2.24, 2.45) is 0 Å². The van der Waals surface area contributed by atoms with Gasteiger partial charge in [-0.05, 0) is 6.07 Å². The highest BCUT2D eigenvalue weighted by molar-refractivity contribution is 6.32. The fourth-order valence-corrected chi connectivity index (χ4v) is 1.49. The molecule has 0 atom stereocenters. The third kappa shape index (κ3) is 1.50. The number of aromatic nitrogens is 3. The van der Waals surface area contributed by atoms with Crippen molar-refractivity contribution < 1.29 is 0 Å². The second-order valence-corrected chi connectivity index (χ2v) is 3.27. The summed E-state index contributed by atoms with van der Waals surface area (Å²) in [6.07, 6.45) is 4.40. The molecule has 0 saturated carbocycles. The van der Waals surface area contributed by atoms with Crippen molar-refractivity contribution in [1.29, 1.82) is 10.5 Å². The van der Waals surface area contributed by atoms with Crippen LogP contribution in [0.4, 0.5) is 0 Å². The number of imidazole rings is 1. The SMILES string of the molecule is N#Cc1ncn(-c2ccncc2Cl)c1C#N. The molecule has 0 spiro atoms. The third-order valence-electron chi connectivity index (χ3n) is 1.99. The van der Waals surface area contributed by atoms with E-state index in [0.717, 1.165) is 0 Å². The van der Waals surface area contributed by atoms with E-state index in [4.69, 9.17) is 22.1 Å². The molecular formula is C10H4ClN5. The van der Waals surface area contributed by atoms with Crippen LogP contribution >= 0.6 is 11.6 Å². The maximum Gasteiger partial charge on any atom is 0.177 e. The Bertz CT molecular complexity index is 617. The molecule has 0 aliphatic carbocycles. The fraction of sp³-hybridized carbons (Fsp3) is 0. The Morgan fingerprint density at radius 2 is 2.12 bits per heavy atom. The molecule has 0 fully saturated rings. The van der Waals surface area contributed by atoms with Gasteiger partial charge in [0.05, 0.1) is 10.7 Å². The van der Waals surface area contributed by atoms with Crippen molar-refractivity contribution in [2.75, 3.05) is 0 Å². The van der Waals surface area contributed by atoms with Crippen molar-refractivity contribution >= 4 is 11.6 Å². The minimum Gasteiger partial charge on any atom is -0.288 e. The van der Waals surface area contributed by atoms with E-state index in [-0.39, 0.29) is 11.4 Å². The summed E-state index contributed by atoms with van der Waals surface area (Å²) in [5.74, 6) is 0. The lowest BCUT2D eigenvalue weighted by Crippen LogP contribution is -1.97. The molecule has 0 unspecified atom stereocenters. The van der Waals surface area contributed by atoms with Gasteiger partial charge in [0.1, 0.15) is 18.5 Å². The molecule has 0 aliphatic rings. The highest BCUT2D eigenvalue weighted by atomic mass is 35.5. The van der Waals surface area contributed by atoms with Gasteiger partial charge in [0.2, 0.25) is 0 Å². The first kappa shape index (κ1) is 10.2. The summed E-state index contributed by atoms with van der Waals surface area (Å²) in [6, 6.07) is 5.41. The quantitative estimate of drug-likeness (QED) is 0.745. The van der Waals surface area contributed by atoms with Gasteiger partial charge < -0.3 is 0 Å². The summed E-state index contributed by atoms with van der Waals surface area (Å²) in [4.78, 5) is 7.66. The van der Waals surface area contributed by atoms with Crippen LogP contribution in [0.15, 0.2) is 24.8 Å². The standard InChI is InChI=1S/C10H4ClN5/c11-7-5-14-2-1-9(7)16-6-15-8(3-12)10(16)4-13/h1-2,5-6H. The molecule has 16 heavy (non-hydrogen) atoms. The molecule has 0 N–H and O–H groups in total. The van der Waals surface area contributed by atoms with E-state index in [1.54, 1.807) is 12.3 Å². The number of nitrogens with zero attached hydrogens (tertiary/aromatic N) is 5. The van der Waals surface area contributed by atoms with Crippen LogP contribution < -0.4 is 0 Å². The molecule has 0 aliphatic heterocycles. The van der Waals surface area contributed by atoms with Crippen LogP contribution in [0.25, 0.3) is 5.69 Å². The van der Waals surface area contributed by atoms with Crippen molar-refractivity contribution in [3.8, 4) is 17.8 Å². The Morgan fingerprint density at radius 3 is 2.75 bits per heavy atom. The van der Waals surface area contributed by atoms with Gasteiger partial charge in [-0.3, -0.25) is 9.55 Å². The largest absolute Gasteiger partial charge is 0.288 e. The van der Waals surface area contributed by atoms with E-state index < -0.39 is 0 Å². The molecule has 76 valence electrons. The van der Waals surface area contributed by atoms with Gasteiger partial charge in [-0.15, -0.1) is 0 Å². The number of pyridine rings is 1. The molecule has 2 rings (SSSR count). The molecule has 5 nitrogen and oxygen atoms in total. The van der Waals surface area contributed by atoms with Gasteiger partial charge in [0.15, 0.2) is 11.4 Å². The number of nitriles is 2. The van der Waals surface area contributed by atoms with Crippen LogP contribution in [0, 0.1) is 22.7 Å². The van der Waals surface area contributed by atoms with E-state index >= 15 is 0 Å². The van der Waals surface area contributed by atoms with Crippen molar-refractivity contribution in [2.45, 2.75) is 0 Å². The van der Waals surface area contributed by atoms with Gasteiger partial charge >= 0.3 is 0 Å². The summed E-state index contributed by atoms with van der Waals surface area (Å²) in [6.45, 7) is 0. The predicted molar refractivity (Wildman–Crippen MR) is 55.8 cm³/mol. The van der Waals surface area contributed by atoms with Gasteiger partial charge in [-0.2, -0.15) is 10.5 Å². The number of halogens is 1. The average Bonchev–Trinajstić information content (AvgIpc) is 2.72. The number of hydrogen-bond donors (Lipinski definition) is 0. The van der Waals surface area contributed by atoms with E-state index in [2.05, 4.69) is 9.97 Å². The highest BCUT2D eigenvalue weighted by Crippen LogP contribution is 2.21. The lowest BCUT2D eigenvalue weighted by atomic mass is 10.3. The van der Waals surface area contributed by atoms with E-state index in [1.807, 2.05) is 12.1 Å². The Morgan fingerprint density at radius 1 is 1.31 bits per heavy atom. The molecule has 0 saturated heterocycles. The summed E-state index contributed by atoms with van der Waals surface area (Å²) < 4.78 is 1.46. The van der Waals surface area contributed by atoms with E-state index in [9.17, 15) is 0 Å². The zero-order chi connectivity index (χ0) is 11.5. The minimum atomic E-state index is 0.0791. The Hall–Kier alpha value is -2.37. The average molecular weight is 230 g/mol. The maximum atomic E-state index is 8.95. The van der Waals surface area contributed by atoms with Gasteiger partial charge in [0.25, 0.3) is 0 Å². The summed E-state index contributed by atoms with van der Waals surface area (Å²) >= 11 is 5.94. The monoisotopic (exact) mass is 229 g/mol. The summed E-state index contributed by atoms with van der Waals surface area (Å²) in [7, 11) is 0. The van der Waals surface area contributed by atoms with Gasteiger partial charge in [-0.1, -0.05) is 11.6 Å². The molecule has 0 aromatic carbocycles. The van der Waals surface area contributed by atoms with Crippen LogP contribution in [0.3, 0.4) is 0 Å². The first-order valence-electron chi connectivity index (χ1n) is 4.25. The first-order valence-corrected chi connectivity index (χ1v) is 4.63. The lowest BCUT2D eigenvalue weighted by molar-refractivity contribution is 1.03. The van der Waals surface area contributed by atoms with E-state index in [0.29, 0.717) is 10.7 Å². The van der Waals surface area contributed by atoms with Crippen molar-refractivity contribution in [3.63, 3.8) is 0 Å². The summed E-state index contributed by atoms with van der Waals surface area (Å²) in [5.41, 5.74) is 0.813. The number of hydrogen-bond acceptors (Lipinski definition) is 4. The van der Waals surface area contributed by atoms with Gasteiger partial charge in [-0.25, -0.2) is 4.98 Å². The molecule has 2 aromatic heterocycles. The van der Waals surface area contributed by atoms with Gasteiger partial charge in [0, 0.05) is 12.4 Å². The highest BCUT2D eigenvalue weighted by Gasteiger charge is 2.13. The fourth-order valence-electron chi connectivity index (χ4n) is 1.28. The normalized spacial score (nSPS) is 9.44. The number of rotatable bonds is 1. The molecular weight excluding hydrogens is 226 g/mol. The molecule has 0 amide bonds. The summed E-state index contributed by atoms with van der Waals surface area (Å²) in [5, 5.41) is 18.1. The zero-order valence-electron chi connectivity index (χ0n) is 7.92. The van der Waals surface area contributed by atoms with Crippen molar-refractivity contribution in [1.82, 2.24) is 14.5 Å². The third-order valence-corrected chi connectivity index (χ3v) is 2.28. The zero-order valence-corrected chi connectivity index (χ0v) is 8.68. The van der Waals surface area contributed by atoms with E-state index in [1.165, 1.54) is 17.1 Å². The molecule has 2 heterocycles. The van der Waals surface area contributed by atoms with Crippen LogP contribution in [0.5, 0.6) is 0 Å². The Labute approximate surface area is 96.2 Å². The smallest absolute Gasteiger partial charge is 0.177 e. The second kappa shape index (κ2) is 4.01. The van der Waals surface area contributed by atoms with Crippen LogP contribution in [-0.2, 0) is 0 Å². The lowest BCUT2D eigenvalue weighted by Gasteiger charge is -2.04. The first-order chi connectivity index (χ1) is 7.77. The molecule has 2 aromatic rings. The molecule has 0 bridgehead atoms. The van der Waals surface area contributed by atoms with Crippen molar-refractivity contribution in [3.05, 3.63) is 41.2 Å².